The van der Waals surface area contributed by atoms with E-state index in [1.165, 1.54) is 24.3 Å². The van der Waals surface area contributed by atoms with Crippen molar-refractivity contribution in [3.8, 4) is 0 Å². The van der Waals surface area contributed by atoms with Crippen LogP contribution in [0, 0.1) is 29.8 Å². The number of rotatable bonds is 3. The van der Waals surface area contributed by atoms with E-state index in [4.69, 9.17) is 0 Å². The van der Waals surface area contributed by atoms with E-state index in [0.29, 0.717) is 16.8 Å². The van der Waals surface area contributed by atoms with E-state index in [2.05, 4.69) is 5.32 Å². The number of hydrogen-bond donors (Lipinski definition) is 1. The fourth-order valence-corrected chi connectivity index (χ4v) is 1.89. The number of aryl methyl sites for hydroxylation is 1. The standard InChI is InChI=1S/C15H13FN2O3/c1-9-6-7-11(8-12(9)16)15(19)17-13-4-3-5-14(10(13)2)18(20)21/h3-8H,1-2H3,(H,17,19). The predicted molar refractivity (Wildman–Crippen MR) is 76.9 cm³/mol. The van der Waals surface area contributed by atoms with Gasteiger partial charge in [0.1, 0.15) is 5.82 Å². The molecule has 0 unspecified atom stereocenters. The monoisotopic (exact) mass is 288 g/mol. The average Bonchev–Trinajstić information content (AvgIpc) is 2.43. The molecule has 0 spiro atoms. The predicted octanol–water partition coefficient (Wildman–Crippen LogP) is 3.60. The summed E-state index contributed by atoms with van der Waals surface area (Å²) in [5, 5.41) is 13.4. The molecule has 0 saturated heterocycles. The Kier molecular flexibility index (Phi) is 3.98. The van der Waals surface area contributed by atoms with Gasteiger partial charge in [0, 0.05) is 11.6 Å². The molecule has 2 aromatic rings. The van der Waals surface area contributed by atoms with Crippen LogP contribution in [0.25, 0.3) is 0 Å². The summed E-state index contributed by atoms with van der Waals surface area (Å²) in [7, 11) is 0. The van der Waals surface area contributed by atoms with Crippen molar-refractivity contribution in [1.82, 2.24) is 0 Å². The molecule has 0 heterocycles. The molecular formula is C15H13FN2O3. The molecule has 21 heavy (non-hydrogen) atoms. The average molecular weight is 288 g/mol. The zero-order valence-electron chi connectivity index (χ0n) is 11.5. The molecule has 6 heteroatoms. The van der Waals surface area contributed by atoms with Crippen LogP contribution in [0.3, 0.4) is 0 Å². The van der Waals surface area contributed by atoms with Crippen LogP contribution in [0.15, 0.2) is 36.4 Å². The van der Waals surface area contributed by atoms with E-state index in [1.807, 2.05) is 0 Å². The lowest BCUT2D eigenvalue weighted by atomic mass is 10.1. The van der Waals surface area contributed by atoms with Crippen molar-refractivity contribution < 1.29 is 14.1 Å². The van der Waals surface area contributed by atoms with E-state index < -0.39 is 16.6 Å². The van der Waals surface area contributed by atoms with Gasteiger partial charge in [0.25, 0.3) is 11.6 Å². The molecule has 0 aliphatic heterocycles. The Labute approximate surface area is 120 Å². The Hall–Kier alpha value is -2.76. The molecule has 1 amide bonds. The van der Waals surface area contributed by atoms with E-state index >= 15 is 0 Å². The van der Waals surface area contributed by atoms with Gasteiger partial charge in [-0.05, 0) is 37.6 Å². The van der Waals surface area contributed by atoms with Gasteiger partial charge in [0.2, 0.25) is 0 Å². The van der Waals surface area contributed by atoms with Crippen LogP contribution in [0.2, 0.25) is 0 Å². The first kappa shape index (κ1) is 14.6. The largest absolute Gasteiger partial charge is 0.321 e. The number of amides is 1. The first-order valence-electron chi connectivity index (χ1n) is 6.21. The molecule has 108 valence electrons. The van der Waals surface area contributed by atoms with E-state index in [-0.39, 0.29) is 11.3 Å². The first-order valence-corrected chi connectivity index (χ1v) is 6.21. The number of carbonyl (C=O) groups is 1. The third kappa shape index (κ3) is 3.05. The minimum atomic E-state index is -0.517. The number of anilines is 1. The number of nitro benzene ring substituents is 1. The highest BCUT2D eigenvalue weighted by Gasteiger charge is 2.15. The van der Waals surface area contributed by atoms with Crippen LogP contribution >= 0.6 is 0 Å². The van der Waals surface area contributed by atoms with Crippen molar-refractivity contribution in [3.63, 3.8) is 0 Å². The number of carbonyl (C=O) groups excluding carboxylic acids is 1. The van der Waals surface area contributed by atoms with Crippen LogP contribution in [-0.2, 0) is 0 Å². The van der Waals surface area contributed by atoms with Crippen molar-refractivity contribution in [2.45, 2.75) is 13.8 Å². The van der Waals surface area contributed by atoms with Gasteiger partial charge in [0.15, 0.2) is 0 Å². The lowest BCUT2D eigenvalue weighted by Crippen LogP contribution is -2.13. The van der Waals surface area contributed by atoms with Gasteiger partial charge in [-0.15, -0.1) is 0 Å². The highest BCUT2D eigenvalue weighted by molar-refractivity contribution is 6.04. The second kappa shape index (κ2) is 5.70. The van der Waals surface area contributed by atoms with Crippen LogP contribution in [0.4, 0.5) is 15.8 Å². The number of nitrogens with zero attached hydrogens (tertiary/aromatic N) is 1. The van der Waals surface area contributed by atoms with Crippen LogP contribution in [0.1, 0.15) is 21.5 Å². The van der Waals surface area contributed by atoms with Crippen LogP contribution < -0.4 is 5.32 Å². The number of hydrogen-bond acceptors (Lipinski definition) is 3. The zero-order valence-corrected chi connectivity index (χ0v) is 11.5. The normalized spacial score (nSPS) is 10.2. The molecule has 2 rings (SSSR count). The highest BCUT2D eigenvalue weighted by atomic mass is 19.1. The number of halogens is 1. The molecule has 2 aromatic carbocycles. The van der Waals surface area contributed by atoms with Crippen LogP contribution in [0.5, 0.6) is 0 Å². The zero-order chi connectivity index (χ0) is 15.6. The smallest absolute Gasteiger partial charge is 0.274 e. The first-order chi connectivity index (χ1) is 9.90. The Balaban J connectivity index is 2.29. The van der Waals surface area contributed by atoms with E-state index in [1.54, 1.807) is 19.9 Å². The maximum atomic E-state index is 13.5. The minimum Gasteiger partial charge on any atom is -0.321 e. The van der Waals surface area contributed by atoms with Gasteiger partial charge in [-0.3, -0.25) is 14.9 Å². The molecule has 1 N–H and O–H groups in total. The quantitative estimate of drug-likeness (QED) is 0.692. The maximum absolute atomic E-state index is 13.5. The minimum absolute atomic E-state index is 0.0807. The Morgan fingerprint density at radius 3 is 2.57 bits per heavy atom. The van der Waals surface area contributed by atoms with Gasteiger partial charge in [-0.2, -0.15) is 0 Å². The molecule has 0 aliphatic carbocycles. The van der Waals surface area contributed by atoms with Gasteiger partial charge in [-0.1, -0.05) is 12.1 Å². The van der Waals surface area contributed by atoms with Crippen molar-refractivity contribution >= 4 is 17.3 Å². The Morgan fingerprint density at radius 2 is 1.95 bits per heavy atom. The molecule has 0 bridgehead atoms. The fraction of sp³-hybridized carbons (Fsp3) is 0.133. The third-order valence-corrected chi connectivity index (χ3v) is 3.18. The van der Waals surface area contributed by atoms with Gasteiger partial charge < -0.3 is 5.32 Å². The van der Waals surface area contributed by atoms with E-state index in [9.17, 15) is 19.3 Å². The fourth-order valence-electron chi connectivity index (χ4n) is 1.89. The summed E-state index contributed by atoms with van der Waals surface area (Å²) in [6.45, 7) is 3.14. The Morgan fingerprint density at radius 1 is 1.24 bits per heavy atom. The summed E-state index contributed by atoms with van der Waals surface area (Å²) in [4.78, 5) is 22.4. The molecule has 0 saturated carbocycles. The topological polar surface area (TPSA) is 72.2 Å². The molecule has 5 nitrogen and oxygen atoms in total. The molecule has 0 atom stereocenters. The molecule has 0 aliphatic rings. The van der Waals surface area contributed by atoms with Crippen LogP contribution in [-0.4, -0.2) is 10.8 Å². The van der Waals surface area contributed by atoms with Gasteiger partial charge in [-0.25, -0.2) is 4.39 Å². The van der Waals surface area contributed by atoms with Gasteiger partial charge >= 0.3 is 0 Å². The summed E-state index contributed by atoms with van der Waals surface area (Å²) in [6.07, 6.45) is 0. The van der Waals surface area contributed by atoms with Crippen molar-refractivity contribution in [1.29, 1.82) is 0 Å². The van der Waals surface area contributed by atoms with Crippen molar-refractivity contribution in [2.24, 2.45) is 0 Å². The van der Waals surface area contributed by atoms with Crippen molar-refractivity contribution in [3.05, 3.63) is 69.0 Å². The van der Waals surface area contributed by atoms with E-state index in [0.717, 1.165) is 6.07 Å². The molecule has 0 fully saturated rings. The second-order valence-corrected chi connectivity index (χ2v) is 4.62. The molecular weight excluding hydrogens is 275 g/mol. The second-order valence-electron chi connectivity index (χ2n) is 4.62. The van der Waals surface area contributed by atoms with Crippen molar-refractivity contribution in [2.75, 3.05) is 5.32 Å². The molecule has 0 radical (unpaired) electrons. The van der Waals surface area contributed by atoms with Gasteiger partial charge in [0.05, 0.1) is 16.2 Å². The highest BCUT2D eigenvalue weighted by Crippen LogP contribution is 2.25. The summed E-state index contributed by atoms with van der Waals surface area (Å²) in [5.74, 6) is -0.990. The Bertz CT molecular complexity index is 729. The number of nitrogens with one attached hydrogen (secondary N) is 1. The SMILES string of the molecule is Cc1ccc(C(=O)Nc2cccc([N+](=O)[O-])c2C)cc1F. The summed E-state index contributed by atoms with van der Waals surface area (Å²) >= 11 is 0. The summed E-state index contributed by atoms with van der Waals surface area (Å²) < 4.78 is 13.5. The summed E-state index contributed by atoms with van der Waals surface area (Å²) in [6, 6.07) is 8.54. The summed E-state index contributed by atoms with van der Waals surface area (Å²) in [5.41, 5.74) is 1.20. The number of nitro groups is 1. The number of benzene rings is 2. The third-order valence-electron chi connectivity index (χ3n) is 3.18. The molecule has 0 aromatic heterocycles. The lowest BCUT2D eigenvalue weighted by molar-refractivity contribution is -0.385. The maximum Gasteiger partial charge on any atom is 0.274 e. The lowest BCUT2D eigenvalue weighted by Gasteiger charge is -2.09.